The Morgan fingerprint density at radius 1 is 1.60 bits per heavy atom. The van der Waals surface area contributed by atoms with E-state index in [9.17, 15) is 0 Å². The van der Waals surface area contributed by atoms with Gasteiger partial charge in [0, 0.05) is 0 Å². The lowest BCUT2D eigenvalue weighted by Gasteiger charge is -1.79. The molecule has 27 valence electrons. The van der Waals surface area contributed by atoms with Gasteiger partial charge in [-0.3, -0.25) is 0 Å². The predicted octanol–water partition coefficient (Wildman–Crippen LogP) is 1.19. The zero-order chi connectivity index (χ0) is 4.12. The van der Waals surface area contributed by atoms with E-state index in [2.05, 4.69) is 6.92 Å². The molecule has 0 nitrogen and oxygen atoms in total. The van der Waals surface area contributed by atoms with Crippen LogP contribution in [0.4, 0.5) is 0 Å². The Morgan fingerprint density at radius 3 is 2.20 bits per heavy atom. The first-order valence-corrected chi connectivity index (χ1v) is 1.91. The van der Waals surface area contributed by atoms with Gasteiger partial charge in [0.25, 0.3) is 0 Å². The summed E-state index contributed by atoms with van der Waals surface area (Å²) in [6.07, 6.45) is 2.81. The number of rotatable bonds is 2. The Bertz CT molecular complexity index is 11.1. The summed E-state index contributed by atoms with van der Waals surface area (Å²) in [5, 5.41) is 0. The summed E-state index contributed by atoms with van der Waals surface area (Å²) in [4.78, 5) is 0. The molecule has 0 aromatic heterocycles. The van der Waals surface area contributed by atoms with E-state index in [-0.39, 0.29) is 0 Å². The van der Waals surface area contributed by atoms with Gasteiger partial charge in [0.05, 0.1) is 7.85 Å². The lowest BCUT2D eigenvalue weighted by Crippen LogP contribution is -1.64. The van der Waals surface area contributed by atoms with Gasteiger partial charge in [-0.05, 0) is 0 Å². The van der Waals surface area contributed by atoms with Crippen molar-refractivity contribution in [3.8, 4) is 0 Å². The lowest BCUT2D eigenvalue weighted by atomic mass is 10.0. The highest BCUT2D eigenvalue weighted by Gasteiger charge is 1.68. The van der Waals surface area contributed by atoms with Crippen molar-refractivity contribution in [2.45, 2.75) is 19.2 Å². The molecule has 0 spiro atoms. The van der Waals surface area contributed by atoms with Gasteiger partial charge in [-0.15, -0.1) is 0 Å². The van der Waals surface area contributed by atoms with E-state index in [1.54, 1.807) is 0 Å². The van der Waals surface area contributed by atoms with Crippen LogP contribution >= 0.6 is 0 Å². The largest absolute Gasteiger partial charge is 0.0887 e. The van der Waals surface area contributed by atoms with Gasteiger partial charge in [0.1, 0.15) is 0 Å². The van der Waals surface area contributed by atoms with Crippen LogP contribution in [-0.4, -0.2) is 7.85 Å². The predicted molar refractivity (Wildman–Crippen MR) is 25.2 cm³/mol. The van der Waals surface area contributed by atoms with Crippen LogP contribution in [0.2, 0.25) is 6.32 Å². The quantitative estimate of drug-likeness (QED) is 0.425. The summed E-state index contributed by atoms with van der Waals surface area (Å²) < 4.78 is 0. The summed E-state index contributed by atoms with van der Waals surface area (Å²) in [7, 11) is 5.10. The van der Waals surface area contributed by atoms with Crippen molar-refractivity contribution in [3.05, 3.63) is 6.92 Å². The van der Waals surface area contributed by atoms with Crippen molar-refractivity contribution in [1.82, 2.24) is 0 Å². The molecular formula is C4H8B. The van der Waals surface area contributed by atoms with Crippen LogP contribution in [0, 0.1) is 6.92 Å². The van der Waals surface area contributed by atoms with E-state index in [1.165, 1.54) is 0 Å². The average Bonchev–Trinajstić information content (AvgIpc) is 1.41. The van der Waals surface area contributed by atoms with Crippen molar-refractivity contribution in [1.29, 1.82) is 0 Å². The Labute approximate surface area is 35.0 Å². The Morgan fingerprint density at radius 2 is 2.20 bits per heavy atom. The molecule has 1 heteroatoms. The van der Waals surface area contributed by atoms with E-state index in [0.717, 1.165) is 19.2 Å². The summed E-state index contributed by atoms with van der Waals surface area (Å²) >= 11 is 0. The first-order valence-electron chi connectivity index (χ1n) is 1.91. The standard InChI is InChI=1S/C4H8B/c1-2-3-4-5/h1-4H2. The molecule has 0 atom stereocenters. The number of unbranched alkanes of at least 4 members (excludes halogenated alkanes) is 1. The van der Waals surface area contributed by atoms with Crippen LogP contribution in [0.25, 0.3) is 0 Å². The molecule has 5 heavy (non-hydrogen) atoms. The fourth-order valence-corrected chi connectivity index (χ4v) is 0.144. The minimum atomic E-state index is 0.781. The molecule has 0 unspecified atom stereocenters. The summed E-state index contributed by atoms with van der Waals surface area (Å²) in [6, 6.07) is 0. The minimum absolute atomic E-state index is 0.781. The van der Waals surface area contributed by atoms with E-state index in [0.29, 0.717) is 0 Å². The first kappa shape index (κ1) is 5.06. The highest BCUT2D eigenvalue weighted by Crippen LogP contribution is 1.86. The van der Waals surface area contributed by atoms with Crippen molar-refractivity contribution in [2.24, 2.45) is 0 Å². The van der Waals surface area contributed by atoms with Gasteiger partial charge in [-0.2, -0.15) is 0 Å². The van der Waals surface area contributed by atoms with Gasteiger partial charge in [-0.25, -0.2) is 0 Å². The van der Waals surface area contributed by atoms with Crippen LogP contribution in [-0.2, 0) is 0 Å². The molecule has 0 rings (SSSR count). The zero-order valence-corrected chi connectivity index (χ0v) is 3.41. The normalized spacial score (nSPS) is 8.20. The van der Waals surface area contributed by atoms with Gasteiger partial charge >= 0.3 is 0 Å². The molecular weight excluding hydrogens is 58.9 g/mol. The Kier molecular flexibility index (Phi) is 4.12. The first-order chi connectivity index (χ1) is 2.41. The second-order valence-corrected chi connectivity index (χ2v) is 0.996. The number of hydrogen-bond donors (Lipinski definition) is 0. The molecule has 0 aliphatic heterocycles. The Balaban J connectivity index is 2.19. The monoisotopic (exact) mass is 67.1 g/mol. The third kappa shape index (κ3) is 4.06. The van der Waals surface area contributed by atoms with Crippen LogP contribution < -0.4 is 0 Å². The molecule has 0 saturated heterocycles. The van der Waals surface area contributed by atoms with Gasteiger partial charge < -0.3 is 0 Å². The van der Waals surface area contributed by atoms with E-state index in [4.69, 9.17) is 7.85 Å². The van der Waals surface area contributed by atoms with E-state index < -0.39 is 0 Å². The molecule has 0 aliphatic carbocycles. The molecule has 0 bridgehead atoms. The van der Waals surface area contributed by atoms with Crippen molar-refractivity contribution in [3.63, 3.8) is 0 Å². The van der Waals surface area contributed by atoms with Crippen molar-refractivity contribution >= 4 is 7.85 Å². The molecule has 0 heterocycles. The molecule has 0 saturated carbocycles. The topological polar surface area (TPSA) is 0 Å². The van der Waals surface area contributed by atoms with Crippen molar-refractivity contribution in [2.75, 3.05) is 0 Å². The SMILES string of the molecule is [B]CCC[CH2]. The van der Waals surface area contributed by atoms with Crippen LogP contribution in [0.15, 0.2) is 0 Å². The summed E-state index contributed by atoms with van der Waals surface area (Å²) in [5.41, 5.74) is 0. The van der Waals surface area contributed by atoms with Crippen LogP contribution in [0.1, 0.15) is 12.8 Å². The smallest absolute Gasteiger partial charge is 0.0653 e. The maximum atomic E-state index is 5.10. The molecule has 0 aliphatic rings. The van der Waals surface area contributed by atoms with Gasteiger partial charge in [-0.1, -0.05) is 26.1 Å². The number of hydrogen-bond acceptors (Lipinski definition) is 0. The zero-order valence-electron chi connectivity index (χ0n) is 3.41. The highest BCUT2D eigenvalue weighted by atomic mass is 13.7. The molecule has 0 N–H and O–H groups in total. The third-order valence-electron chi connectivity index (χ3n) is 0.454. The molecule has 3 radical (unpaired) electrons. The fraction of sp³-hybridized carbons (Fsp3) is 0.750. The highest BCUT2D eigenvalue weighted by molar-refractivity contribution is 6.08. The summed E-state index contributed by atoms with van der Waals surface area (Å²) in [6.45, 7) is 3.60. The minimum Gasteiger partial charge on any atom is -0.0887 e. The maximum Gasteiger partial charge on any atom is 0.0653 e. The van der Waals surface area contributed by atoms with Crippen molar-refractivity contribution < 1.29 is 0 Å². The maximum absolute atomic E-state index is 5.10. The average molecular weight is 66.9 g/mol. The second kappa shape index (κ2) is 4.06. The summed E-state index contributed by atoms with van der Waals surface area (Å²) in [5.74, 6) is 0. The van der Waals surface area contributed by atoms with E-state index >= 15 is 0 Å². The molecule has 0 aromatic carbocycles. The van der Waals surface area contributed by atoms with Crippen LogP contribution in [0.5, 0.6) is 0 Å². The van der Waals surface area contributed by atoms with Gasteiger partial charge in [0.2, 0.25) is 0 Å². The molecule has 0 amide bonds. The third-order valence-corrected chi connectivity index (χ3v) is 0.454. The second-order valence-electron chi connectivity index (χ2n) is 0.996. The molecule has 0 fully saturated rings. The Hall–Kier alpha value is 0.0649. The fourth-order valence-electron chi connectivity index (χ4n) is 0.144. The van der Waals surface area contributed by atoms with E-state index in [1.807, 2.05) is 0 Å². The molecule has 0 aromatic rings. The van der Waals surface area contributed by atoms with Crippen LogP contribution in [0.3, 0.4) is 0 Å². The van der Waals surface area contributed by atoms with Gasteiger partial charge in [0.15, 0.2) is 0 Å². The lowest BCUT2D eigenvalue weighted by molar-refractivity contribution is 0.953.